The summed E-state index contributed by atoms with van der Waals surface area (Å²) in [6, 6.07) is 25.8. The number of hydrogen-bond donors (Lipinski definition) is 2. The van der Waals surface area contributed by atoms with Gasteiger partial charge in [0.1, 0.15) is 0 Å². The minimum atomic E-state index is -2.45. The minimum Gasteiger partial charge on any atom is -0.283 e. The molecule has 0 spiro atoms. The predicted molar refractivity (Wildman–Crippen MR) is 101 cm³/mol. The van der Waals surface area contributed by atoms with Crippen molar-refractivity contribution >= 4 is 34.1 Å². The highest BCUT2D eigenvalue weighted by atomic mass is 32.2. The van der Waals surface area contributed by atoms with Crippen LogP contribution in [0, 0.1) is 0 Å². The van der Waals surface area contributed by atoms with E-state index < -0.39 is 11.4 Å². The maximum absolute atomic E-state index is 10.8. The lowest BCUT2D eigenvalue weighted by atomic mass is 10.2. The van der Waals surface area contributed by atoms with E-state index in [2.05, 4.69) is 20.1 Å². The number of azo groups is 1. The number of para-hydroxylation sites is 1. The Balaban J connectivity index is 1.79. The van der Waals surface area contributed by atoms with Gasteiger partial charge < -0.3 is 0 Å². The molecule has 8 heteroatoms. The molecule has 0 aromatic heterocycles. The molecule has 0 saturated carbocycles. The fraction of sp³-hybridized carbons (Fsp3) is 0. The third-order valence-corrected chi connectivity index (χ3v) is 3.58. The van der Waals surface area contributed by atoms with Crippen LogP contribution < -0.4 is 10.6 Å². The van der Waals surface area contributed by atoms with Crippen LogP contribution in [0.4, 0.5) is 22.7 Å². The van der Waals surface area contributed by atoms with E-state index in [0.717, 1.165) is 11.4 Å². The molecule has 0 bridgehead atoms. The first kappa shape index (κ1) is 17.9. The summed E-state index contributed by atoms with van der Waals surface area (Å²) in [5.41, 5.74) is 5.33. The van der Waals surface area contributed by atoms with E-state index in [0.29, 0.717) is 11.4 Å². The van der Waals surface area contributed by atoms with E-state index in [1.54, 1.807) is 24.3 Å². The van der Waals surface area contributed by atoms with Crippen LogP contribution in [0.1, 0.15) is 0 Å². The fourth-order valence-corrected chi connectivity index (χ4v) is 2.32. The number of hydrazine groups is 1. The van der Waals surface area contributed by atoms with Crippen LogP contribution >= 0.6 is 0 Å². The highest BCUT2D eigenvalue weighted by Gasteiger charge is 2.10. The molecule has 0 amide bonds. The van der Waals surface area contributed by atoms with Crippen molar-refractivity contribution in [3.05, 3.63) is 84.9 Å². The van der Waals surface area contributed by atoms with Gasteiger partial charge in [0.25, 0.3) is 0 Å². The lowest BCUT2D eigenvalue weighted by Crippen LogP contribution is -2.34. The highest BCUT2D eigenvalue weighted by molar-refractivity contribution is 7.74. The Morgan fingerprint density at radius 2 is 1.27 bits per heavy atom. The molecular formula is C18H16N4O3S. The van der Waals surface area contributed by atoms with E-state index >= 15 is 0 Å². The Labute approximate surface area is 153 Å². The largest absolute Gasteiger partial charge is 0.321 e. The topological polar surface area (TPSA) is 86.5 Å². The van der Waals surface area contributed by atoms with Gasteiger partial charge in [-0.05, 0) is 48.5 Å². The molecule has 3 aromatic carbocycles. The van der Waals surface area contributed by atoms with E-state index in [1.165, 1.54) is 5.01 Å². The second kappa shape index (κ2) is 8.97. The molecule has 0 heterocycles. The maximum atomic E-state index is 10.8. The van der Waals surface area contributed by atoms with Crippen molar-refractivity contribution in [2.75, 3.05) is 5.01 Å². The van der Waals surface area contributed by atoms with Gasteiger partial charge in [-0.1, -0.05) is 42.0 Å². The number of rotatable bonds is 7. The van der Waals surface area contributed by atoms with Gasteiger partial charge in [0, 0.05) is 0 Å². The Morgan fingerprint density at radius 3 is 1.85 bits per heavy atom. The molecule has 0 saturated heterocycles. The predicted octanol–water partition coefficient (Wildman–Crippen LogP) is 4.81. The zero-order valence-corrected chi connectivity index (χ0v) is 14.4. The van der Waals surface area contributed by atoms with Crippen molar-refractivity contribution in [3.63, 3.8) is 0 Å². The second-order valence-corrected chi connectivity index (χ2v) is 5.72. The van der Waals surface area contributed by atoms with Gasteiger partial charge >= 0.3 is 11.4 Å². The lowest BCUT2D eigenvalue weighted by Gasteiger charge is -2.23. The molecule has 2 N–H and O–H groups in total. The zero-order valence-electron chi connectivity index (χ0n) is 13.6. The smallest absolute Gasteiger partial charge is 0.283 e. The molecule has 3 rings (SSSR count). The van der Waals surface area contributed by atoms with E-state index in [1.807, 2.05) is 60.7 Å². The molecule has 3 aromatic rings. The third-order valence-electron chi connectivity index (χ3n) is 3.36. The number of nitrogens with zero attached hydrogens (tertiary/aromatic N) is 3. The van der Waals surface area contributed by atoms with Gasteiger partial charge in [0.05, 0.1) is 22.7 Å². The Hall–Kier alpha value is -2.91. The first-order valence-corrected chi connectivity index (χ1v) is 8.71. The molecule has 1 unspecified atom stereocenters. The maximum Gasteiger partial charge on any atom is 0.321 e. The van der Waals surface area contributed by atoms with Crippen molar-refractivity contribution < 1.29 is 13.0 Å². The van der Waals surface area contributed by atoms with Crippen LogP contribution in [0.25, 0.3) is 0 Å². The summed E-state index contributed by atoms with van der Waals surface area (Å²) >= 11 is -2.45. The van der Waals surface area contributed by atoms with Crippen LogP contribution in [-0.4, -0.2) is 8.76 Å². The molecule has 7 nitrogen and oxygen atoms in total. The molecule has 132 valence electrons. The number of benzene rings is 3. The van der Waals surface area contributed by atoms with Crippen molar-refractivity contribution in [1.82, 2.24) is 5.59 Å². The standard InChI is InChI=1S/C18H16N4O3S/c23-26(24)25-21-22(17-9-5-2-6-10-17)18-13-11-16(12-14-18)20-19-15-7-3-1-4-8-15/h1-14,21H,(H,23,24). The molecule has 26 heavy (non-hydrogen) atoms. The molecule has 0 aliphatic carbocycles. The van der Waals surface area contributed by atoms with Gasteiger partial charge in [0.2, 0.25) is 0 Å². The van der Waals surface area contributed by atoms with Crippen LogP contribution in [0.5, 0.6) is 0 Å². The molecular weight excluding hydrogens is 352 g/mol. The number of nitrogens with one attached hydrogen (secondary N) is 1. The van der Waals surface area contributed by atoms with Crippen LogP contribution in [0.15, 0.2) is 95.2 Å². The second-order valence-electron chi connectivity index (χ2n) is 5.11. The number of anilines is 2. The third kappa shape index (κ3) is 5.04. The Morgan fingerprint density at radius 1 is 0.769 bits per heavy atom. The number of hydrogen-bond acceptors (Lipinski definition) is 6. The van der Waals surface area contributed by atoms with E-state index in [4.69, 9.17) is 4.55 Å². The quantitative estimate of drug-likeness (QED) is 0.355. The van der Waals surface area contributed by atoms with Gasteiger partial charge in [-0.3, -0.25) is 9.56 Å². The summed E-state index contributed by atoms with van der Waals surface area (Å²) in [6.07, 6.45) is 0. The normalized spacial score (nSPS) is 12.2. The molecule has 1 atom stereocenters. The summed E-state index contributed by atoms with van der Waals surface area (Å²) in [4.78, 5) is 0. The molecule has 0 aliphatic rings. The van der Waals surface area contributed by atoms with Crippen LogP contribution in [0.3, 0.4) is 0 Å². The highest BCUT2D eigenvalue weighted by Crippen LogP contribution is 2.26. The van der Waals surface area contributed by atoms with Gasteiger partial charge in [-0.2, -0.15) is 18.7 Å². The first-order chi connectivity index (χ1) is 12.7. The lowest BCUT2D eigenvalue weighted by molar-refractivity contribution is 0.199. The summed E-state index contributed by atoms with van der Waals surface area (Å²) < 4.78 is 24.3. The summed E-state index contributed by atoms with van der Waals surface area (Å²) in [5, 5.41) is 9.89. The van der Waals surface area contributed by atoms with Gasteiger partial charge in [-0.15, -0.1) is 0 Å². The zero-order chi connectivity index (χ0) is 18.2. The molecule has 0 aliphatic heterocycles. The van der Waals surface area contributed by atoms with Gasteiger partial charge in [-0.25, -0.2) is 0 Å². The van der Waals surface area contributed by atoms with Crippen molar-refractivity contribution in [1.29, 1.82) is 0 Å². The average Bonchev–Trinajstić information content (AvgIpc) is 2.69. The Bertz CT molecular complexity index is 874. The van der Waals surface area contributed by atoms with Crippen LogP contribution in [0.2, 0.25) is 0 Å². The molecule has 0 radical (unpaired) electrons. The first-order valence-electron chi connectivity index (χ1n) is 7.68. The van der Waals surface area contributed by atoms with Crippen LogP contribution in [-0.2, 0) is 15.6 Å². The Kier molecular flexibility index (Phi) is 6.18. The van der Waals surface area contributed by atoms with Crippen molar-refractivity contribution in [3.8, 4) is 0 Å². The summed E-state index contributed by atoms with van der Waals surface area (Å²) in [7, 11) is 0. The van der Waals surface area contributed by atoms with Gasteiger partial charge in [0.15, 0.2) is 0 Å². The monoisotopic (exact) mass is 368 g/mol. The summed E-state index contributed by atoms with van der Waals surface area (Å²) in [5.74, 6) is 0. The average molecular weight is 368 g/mol. The summed E-state index contributed by atoms with van der Waals surface area (Å²) in [6.45, 7) is 0. The van der Waals surface area contributed by atoms with E-state index in [-0.39, 0.29) is 0 Å². The van der Waals surface area contributed by atoms with Crippen molar-refractivity contribution in [2.24, 2.45) is 10.2 Å². The SMILES string of the molecule is O=S(O)ONN(c1ccccc1)c1ccc(N=Nc2ccccc2)cc1. The molecule has 0 fully saturated rings. The van der Waals surface area contributed by atoms with E-state index in [9.17, 15) is 4.21 Å². The fourth-order valence-electron chi connectivity index (χ4n) is 2.18. The minimum absolute atomic E-state index is 0.678. The van der Waals surface area contributed by atoms with Crippen molar-refractivity contribution in [2.45, 2.75) is 0 Å².